The molecule has 0 bridgehead atoms. The standard InChI is InChI=1S/C13H15FN2O5/c1-3-20-12(18)9(13(19)21-4-2)16-11(17)8-6-5-7-15-10(8)14/h5-7,9H,3-4H2,1-2H3,(H,16,17). The Kier molecular flexibility index (Phi) is 6.25. The van der Waals surface area contributed by atoms with Crippen molar-refractivity contribution < 1.29 is 28.2 Å². The van der Waals surface area contributed by atoms with E-state index in [0.29, 0.717) is 0 Å². The van der Waals surface area contributed by atoms with Crippen LogP contribution in [0.2, 0.25) is 0 Å². The van der Waals surface area contributed by atoms with Gasteiger partial charge in [0, 0.05) is 6.20 Å². The number of ether oxygens (including phenoxy) is 2. The third-order valence-electron chi connectivity index (χ3n) is 2.32. The fourth-order valence-corrected chi connectivity index (χ4v) is 1.43. The van der Waals surface area contributed by atoms with Gasteiger partial charge in [-0.05, 0) is 26.0 Å². The summed E-state index contributed by atoms with van der Waals surface area (Å²) < 4.78 is 22.7. The molecule has 1 heterocycles. The summed E-state index contributed by atoms with van der Waals surface area (Å²) in [5.74, 6) is -3.93. The Hall–Kier alpha value is -2.51. The Morgan fingerprint density at radius 2 is 1.81 bits per heavy atom. The molecule has 1 amide bonds. The normalized spacial score (nSPS) is 10.1. The summed E-state index contributed by atoms with van der Waals surface area (Å²) in [6, 6.07) is 0.865. The van der Waals surface area contributed by atoms with Crippen molar-refractivity contribution >= 4 is 17.8 Å². The third kappa shape index (κ3) is 4.51. The van der Waals surface area contributed by atoms with Crippen molar-refractivity contribution in [3.05, 3.63) is 29.8 Å². The molecule has 0 unspecified atom stereocenters. The predicted octanol–water partition coefficient (Wildman–Crippen LogP) is 0.445. The molecule has 0 atom stereocenters. The van der Waals surface area contributed by atoms with Crippen LogP contribution in [0.25, 0.3) is 0 Å². The molecule has 1 rings (SSSR count). The van der Waals surface area contributed by atoms with Gasteiger partial charge in [-0.3, -0.25) is 4.79 Å². The first-order valence-corrected chi connectivity index (χ1v) is 6.25. The lowest BCUT2D eigenvalue weighted by Crippen LogP contribution is -2.48. The van der Waals surface area contributed by atoms with Crippen LogP contribution in [0.15, 0.2) is 18.3 Å². The van der Waals surface area contributed by atoms with Crippen LogP contribution in [0.5, 0.6) is 0 Å². The molecule has 0 aliphatic rings. The number of aromatic nitrogens is 1. The highest BCUT2D eigenvalue weighted by atomic mass is 19.1. The van der Waals surface area contributed by atoms with Crippen LogP contribution in [0.4, 0.5) is 4.39 Å². The van der Waals surface area contributed by atoms with Crippen LogP contribution in [-0.2, 0) is 19.1 Å². The highest BCUT2D eigenvalue weighted by Gasteiger charge is 2.32. The molecule has 0 saturated heterocycles. The van der Waals surface area contributed by atoms with E-state index in [9.17, 15) is 18.8 Å². The summed E-state index contributed by atoms with van der Waals surface area (Å²) >= 11 is 0. The number of nitrogens with one attached hydrogen (secondary N) is 1. The summed E-state index contributed by atoms with van der Waals surface area (Å²) in [6.07, 6.45) is 1.17. The van der Waals surface area contributed by atoms with Gasteiger partial charge in [-0.15, -0.1) is 0 Å². The van der Waals surface area contributed by atoms with Crippen LogP contribution in [-0.4, -0.2) is 42.1 Å². The van der Waals surface area contributed by atoms with E-state index in [0.717, 1.165) is 0 Å². The topological polar surface area (TPSA) is 94.6 Å². The van der Waals surface area contributed by atoms with E-state index in [4.69, 9.17) is 0 Å². The number of pyridine rings is 1. The number of rotatable bonds is 6. The van der Waals surface area contributed by atoms with Gasteiger partial charge in [0.1, 0.15) is 0 Å². The minimum atomic E-state index is -1.66. The average Bonchev–Trinajstić information content (AvgIpc) is 2.45. The largest absolute Gasteiger partial charge is 0.464 e. The molecule has 8 heteroatoms. The lowest BCUT2D eigenvalue weighted by atomic mass is 10.2. The molecule has 114 valence electrons. The molecule has 1 aromatic rings. The monoisotopic (exact) mass is 298 g/mol. The van der Waals surface area contributed by atoms with Crippen molar-refractivity contribution in [2.24, 2.45) is 0 Å². The fourth-order valence-electron chi connectivity index (χ4n) is 1.43. The zero-order chi connectivity index (χ0) is 15.8. The number of carbonyl (C=O) groups excluding carboxylic acids is 3. The summed E-state index contributed by atoms with van der Waals surface area (Å²) in [4.78, 5) is 38.5. The van der Waals surface area contributed by atoms with Gasteiger partial charge in [-0.2, -0.15) is 4.39 Å². The average molecular weight is 298 g/mol. The first kappa shape index (κ1) is 16.5. The molecule has 0 aromatic carbocycles. The van der Waals surface area contributed by atoms with E-state index >= 15 is 0 Å². The molecule has 7 nitrogen and oxygen atoms in total. The second kappa shape index (κ2) is 7.93. The first-order chi connectivity index (χ1) is 10.0. The van der Waals surface area contributed by atoms with E-state index in [1.807, 2.05) is 0 Å². The minimum absolute atomic E-state index is 0.0197. The Balaban J connectivity index is 2.90. The number of esters is 2. The Labute approximate surface area is 120 Å². The molecule has 0 fully saturated rings. The highest BCUT2D eigenvalue weighted by Crippen LogP contribution is 2.04. The second-order valence-electron chi connectivity index (χ2n) is 3.75. The van der Waals surface area contributed by atoms with Crippen LogP contribution >= 0.6 is 0 Å². The molecular weight excluding hydrogens is 283 g/mol. The maximum atomic E-state index is 13.4. The molecule has 21 heavy (non-hydrogen) atoms. The molecule has 1 N–H and O–H groups in total. The Morgan fingerprint density at radius 1 is 1.24 bits per heavy atom. The molecule has 0 spiro atoms. The zero-order valence-electron chi connectivity index (χ0n) is 11.6. The van der Waals surface area contributed by atoms with Crippen LogP contribution in [0.1, 0.15) is 24.2 Å². The molecule has 1 aromatic heterocycles. The van der Waals surface area contributed by atoms with Gasteiger partial charge >= 0.3 is 11.9 Å². The maximum Gasteiger partial charge on any atom is 0.340 e. The number of nitrogens with zero attached hydrogens (tertiary/aromatic N) is 1. The highest BCUT2D eigenvalue weighted by molar-refractivity contribution is 6.05. The van der Waals surface area contributed by atoms with Crippen molar-refractivity contribution in [3.8, 4) is 0 Å². The maximum absolute atomic E-state index is 13.4. The van der Waals surface area contributed by atoms with Crippen LogP contribution in [0.3, 0.4) is 0 Å². The summed E-state index contributed by atoms with van der Waals surface area (Å²) in [6.45, 7) is 3.13. The number of hydrogen-bond donors (Lipinski definition) is 1. The van der Waals surface area contributed by atoms with Crippen molar-refractivity contribution in [2.75, 3.05) is 13.2 Å². The van der Waals surface area contributed by atoms with E-state index in [1.54, 1.807) is 13.8 Å². The van der Waals surface area contributed by atoms with E-state index in [-0.39, 0.29) is 13.2 Å². The fraction of sp³-hybridized carbons (Fsp3) is 0.385. The second-order valence-corrected chi connectivity index (χ2v) is 3.75. The van der Waals surface area contributed by atoms with Crippen molar-refractivity contribution in [1.82, 2.24) is 10.3 Å². The van der Waals surface area contributed by atoms with Gasteiger partial charge in [0.15, 0.2) is 0 Å². The summed E-state index contributed by atoms with van der Waals surface area (Å²) in [5, 5.41) is 2.08. The summed E-state index contributed by atoms with van der Waals surface area (Å²) in [5.41, 5.74) is -0.393. The van der Waals surface area contributed by atoms with Gasteiger partial charge in [0.2, 0.25) is 12.0 Å². The number of amides is 1. The lowest BCUT2D eigenvalue weighted by molar-refractivity contribution is -0.157. The molecule has 0 saturated carbocycles. The lowest BCUT2D eigenvalue weighted by Gasteiger charge is -2.15. The smallest absolute Gasteiger partial charge is 0.340 e. The van der Waals surface area contributed by atoms with Gasteiger partial charge < -0.3 is 14.8 Å². The quantitative estimate of drug-likeness (QED) is 0.465. The molecule has 0 aliphatic heterocycles. The van der Waals surface area contributed by atoms with Crippen molar-refractivity contribution in [3.63, 3.8) is 0 Å². The number of carbonyl (C=O) groups is 3. The Bertz CT molecular complexity index is 517. The molecular formula is C13H15FN2O5. The molecule has 0 radical (unpaired) electrons. The van der Waals surface area contributed by atoms with E-state index < -0.39 is 35.4 Å². The number of halogens is 1. The zero-order valence-corrected chi connectivity index (χ0v) is 11.6. The van der Waals surface area contributed by atoms with Crippen molar-refractivity contribution in [2.45, 2.75) is 19.9 Å². The van der Waals surface area contributed by atoms with Crippen LogP contribution < -0.4 is 5.32 Å². The Morgan fingerprint density at radius 3 is 2.29 bits per heavy atom. The van der Waals surface area contributed by atoms with E-state index in [2.05, 4.69) is 19.8 Å². The van der Waals surface area contributed by atoms with Gasteiger partial charge in [0.25, 0.3) is 5.91 Å². The van der Waals surface area contributed by atoms with Crippen LogP contribution in [0, 0.1) is 5.95 Å². The molecule has 0 aliphatic carbocycles. The SMILES string of the molecule is CCOC(=O)C(NC(=O)c1cccnc1F)C(=O)OCC. The van der Waals surface area contributed by atoms with Gasteiger partial charge in [-0.25, -0.2) is 14.6 Å². The van der Waals surface area contributed by atoms with Gasteiger partial charge in [-0.1, -0.05) is 0 Å². The minimum Gasteiger partial charge on any atom is -0.464 e. The van der Waals surface area contributed by atoms with Gasteiger partial charge in [0.05, 0.1) is 18.8 Å². The first-order valence-electron chi connectivity index (χ1n) is 6.25. The third-order valence-corrected chi connectivity index (χ3v) is 2.32. The summed E-state index contributed by atoms with van der Waals surface area (Å²) in [7, 11) is 0. The van der Waals surface area contributed by atoms with Crippen molar-refractivity contribution in [1.29, 1.82) is 0 Å². The van der Waals surface area contributed by atoms with E-state index in [1.165, 1.54) is 18.3 Å². The number of hydrogen-bond acceptors (Lipinski definition) is 6. The predicted molar refractivity (Wildman–Crippen MR) is 68.7 cm³/mol.